The minimum absolute atomic E-state index is 0.754. The van der Waals surface area contributed by atoms with Gasteiger partial charge in [-0.2, -0.15) is 5.10 Å². The Morgan fingerprint density at radius 1 is 1.50 bits per heavy atom. The summed E-state index contributed by atoms with van der Waals surface area (Å²) in [5, 5.41) is 7.56. The van der Waals surface area contributed by atoms with Crippen LogP contribution in [0.4, 0.5) is 0 Å². The summed E-state index contributed by atoms with van der Waals surface area (Å²) in [5.41, 5.74) is 0. The highest BCUT2D eigenvalue weighted by Gasteiger charge is 2.18. The van der Waals surface area contributed by atoms with Crippen LogP contribution >= 0.6 is 0 Å². The molecule has 0 aliphatic carbocycles. The summed E-state index contributed by atoms with van der Waals surface area (Å²) in [7, 11) is 0. The molecule has 0 bridgehead atoms. The average Bonchev–Trinajstić information content (AvgIpc) is 2.21. The Morgan fingerprint density at radius 3 is 2.67 bits per heavy atom. The largest absolute Gasteiger partial charge is 0.316 e. The molecule has 66 valence electrons. The van der Waals surface area contributed by atoms with Crippen LogP contribution in [0.1, 0.15) is 11.6 Å². The van der Waals surface area contributed by atoms with Crippen LogP contribution in [0.25, 0.3) is 0 Å². The molecule has 0 unspecified atom stereocenters. The van der Waals surface area contributed by atoms with Gasteiger partial charge in [0, 0.05) is 25.6 Å². The first-order chi connectivity index (χ1) is 5.75. The van der Waals surface area contributed by atoms with Crippen LogP contribution in [0.2, 0.25) is 0 Å². The zero-order valence-electron chi connectivity index (χ0n) is 7.54. The summed E-state index contributed by atoms with van der Waals surface area (Å²) >= 11 is 0. The maximum Gasteiger partial charge on any atom is 0.147 e. The molecule has 4 heteroatoms. The SMILES string of the molecule is Cc1nc(C)n(CC2CNC2)n1. The average molecular weight is 166 g/mol. The molecule has 1 aromatic heterocycles. The van der Waals surface area contributed by atoms with Crippen LogP contribution < -0.4 is 5.32 Å². The van der Waals surface area contributed by atoms with Crippen LogP contribution in [0.15, 0.2) is 0 Å². The highest BCUT2D eigenvalue weighted by Crippen LogP contribution is 2.07. The molecule has 1 saturated heterocycles. The minimum atomic E-state index is 0.754. The molecule has 12 heavy (non-hydrogen) atoms. The molecule has 1 N–H and O–H groups in total. The lowest BCUT2D eigenvalue weighted by Crippen LogP contribution is -2.44. The van der Waals surface area contributed by atoms with Crippen LogP contribution in [-0.4, -0.2) is 27.9 Å². The van der Waals surface area contributed by atoms with E-state index in [2.05, 4.69) is 15.4 Å². The maximum atomic E-state index is 4.31. The maximum absolute atomic E-state index is 4.31. The van der Waals surface area contributed by atoms with Crippen molar-refractivity contribution < 1.29 is 0 Å². The monoisotopic (exact) mass is 166 g/mol. The molecule has 0 atom stereocenters. The Hall–Kier alpha value is -0.900. The highest BCUT2D eigenvalue weighted by molar-refractivity contribution is 4.89. The first-order valence-electron chi connectivity index (χ1n) is 4.34. The van der Waals surface area contributed by atoms with E-state index in [0.717, 1.165) is 37.2 Å². The van der Waals surface area contributed by atoms with Gasteiger partial charge in [-0.3, -0.25) is 0 Å². The molecular weight excluding hydrogens is 152 g/mol. The highest BCUT2D eigenvalue weighted by atomic mass is 15.3. The Morgan fingerprint density at radius 2 is 2.25 bits per heavy atom. The van der Waals surface area contributed by atoms with E-state index in [0.29, 0.717) is 0 Å². The number of hydrogen-bond acceptors (Lipinski definition) is 3. The van der Waals surface area contributed by atoms with Crippen LogP contribution in [0, 0.1) is 19.8 Å². The fourth-order valence-corrected chi connectivity index (χ4v) is 1.46. The molecule has 4 nitrogen and oxygen atoms in total. The van der Waals surface area contributed by atoms with Crippen molar-refractivity contribution in [1.29, 1.82) is 0 Å². The van der Waals surface area contributed by atoms with E-state index >= 15 is 0 Å². The van der Waals surface area contributed by atoms with Gasteiger partial charge in [0.05, 0.1) is 0 Å². The Kier molecular flexibility index (Phi) is 1.84. The predicted octanol–water partition coefficient (Wildman–Crippen LogP) is 0.114. The Balaban J connectivity index is 2.05. The van der Waals surface area contributed by atoms with E-state index in [1.807, 2.05) is 18.5 Å². The predicted molar refractivity (Wildman–Crippen MR) is 45.9 cm³/mol. The first kappa shape index (κ1) is 7.73. The van der Waals surface area contributed by atoms with Crippen LogP contribution in [-0.2, 0) is 6.54 Å². The van der Waals surface area contributed by atoms with Crippen molar-refractivity contribution in [3.63, 3.8) is 0 Å². The molecule has 1 aliphatic heterocycles. The van der Waals surface area contributed by atoms with Gasteiger partial charge in [0.15, 0.2) is 0 Å². The second-order valence-electron chi connectivity index (χ2n) is 3.41. The van der Waals surface area contributed by atoms with E-state index in [1.54, 1.807) is 0 Å². The number of aromatic nitrogens is 3. The molecule has 0 radical (unpaired) electrons. The van der Waals surface area contributed by atoms with Gasteiger partial charge in [0.1, 0.15) is 11.6 Å². The third kappa shape index (κ3) is 1.34. The number of nitrogens with one attached hydrogen (secondary N) is 1. The Bertz CT molecular complexity index is 275. The molecule has 1 fully saturated rings. The number of rotatable bonds is 2. The van der Waals surface area contributed by atoms with Crippen molar-refractivity contribution in [1.82, 2.24) is 20.1 Å². The van der Waals surface area contributed by atoms with Crippen molar-refractivity contribution in [2.75, 3.05) is 13.1 Å². The standard InChI is InChI=1S/C8H14N4/c1-6-10-7(2)12(11-6)5-8-3-9-4-8/h8-9H,3-5H2,1-2H3. The van der Waals surface area contributed by atoms with Gasteiger partial charge in [-0.05, 0) is 13.8 Å². The summed E-state index contributed by atoms with van der Waals surface area (Å²) in [5.74, 6) is 2.66. The van der Waals surface area contributed by atoms with Crippen molar-refractivity contribution in [3.8, 4) is 0 Å². The lowest BCUT2D eigenvalue weighted by atomic mass is 10.0. The van der Waals surface area contributed by atoms with Gasteiger partial charge < -0.3 is 5.32 Å². The molecule has 1 aromatic rings. The molecule has 2 heterocycles. The lowest BCUT2D eigenvalue weighted by Gasteiger charge is -2.26. The Labute approximate surface area is 72.0 Å². The quantitative estimate of drug-likeness (QED) is 0.678. The second kappa shape index (κ2) is 2.86. The molecule has 0 saturated carbocycles. The van der Waals surface area contributed by atoms with E-state index < -0.39 is 0 Å². The van der Waals surface area contributed by atoms with E-state index in [-0.39, 0.29) is 0 Å². The van der Waals surface area contributed by atoms with Crippen molar-refractivity contribution >= 4 is 0 Å². The third-order valence-corrected chi connectivity index (χ3v) is 2.26. The normalized spacial score (nSPS) is 17.8. The zero-order valence-corrected chi connectivity index (χ0v) is 7.54. The number of hydrogen-bond donors (Lipinski definition) is 1. The summed E-state index contributed by atoms with van der Waals surface area (Å²) in [4.78, 5) is 4.25. The van der Waals surface area contributed by atoms with Crippen molar-refractivity contribution in [2.24, 2.45) is 5.92 Å². The molecule has 2 rings (SSSR count). The molecular formula is C8H14N4. The number of nitrogens with zero attached hydrogens (tertiary/aromatic N) is 3. The van der Waals surface area contributed by atoms with Crippen LogP contribution in [0.3, 0.4) is 0 Å². The number of aryl methyl sites for hydroxylation is 2. The molecule has 0 aromatic carbocycles. The fourth-order valence-electron chi connectivity index (χ4n) is 1.46. The van der Waals surface area contributed by atoms with Crippen LogP contribution in [0.5, 0.6) is 0 Å². The van der Waals surface area contributed by atoms with Gasteiger partial charge in [0.25, 0.3) is 0 Å². The summed E-state index contributed by atoms with van der Waals surface area (Å²) < 4.78 is 2.00. The van der Waals surface area contributed by atoms with Gasteiger partial charge in [-0.15, -0.1) is 0 Å². The van der Waals surface area contributed by atoms with Gasteiger partial charge in [0.2, 0.25) is 0 Å². The van der Waals surface area contributed by atoms with E-state index in [1.165, 1.54) is 0 Å². The zero-order chi connectivity index (χ0) is 8.55. The molecule has 0 amide bonds. The van der Waals surface area contributed by atoms with Gasteiger partial charge in [-0.1, -0.05) is 0 Å². The summed E-state index contributed by atoms with van der Waals surface area (Å²) in [6.07, 6.45) is 0. The van der Waals surface area contributed by atoms with E-state index in [4.69, 9.17) is 0 Å². The lowest BCUT2D eigenvalue weighted by molar-refractivity contribution is 0.292. The molecule has 1 aliphatic rings. The van der Waals surface area contributed by atoms with Gasteiger partial charge >= 0.3 is 0 Å². The second-order valence-corrected chi connectivity index (χ2v) is 3.41. The van der Waals surface area contributed by atoms with Gasteiger partial charge in [-0.25, -0.2) is 9.67 Å². The minimum Gasteiger partial charge on any atom is -0.316 e. The fraction of sp³-hybridized carbons (Fsp3) is 0.750. The summed E-state index contributed by atoms with van der Waals surface area (Å²) in [6, 6.07) is 0. The topological polar surface area (TPSA) is 42.7 Å². The summed E-state index contributed by atoms with van der Waals surface area (Å²) in [6.45, 7) is 7.20. The van der Waals surface area contributed by atoms with E-state index in [9.17, 15) is 0 Å². The third-order valence-electron chi connectivity index (χ3n) is 2.26. The molecule has 0 spiro atoms. The smallest absolute Gasteiger partial charge is 0.147 e. The van der Waals surface area contributed by atoms with Crippen molar-refractivity contribution in [2.45, 2.75) is 20.4 Å². The first-order valence-corrected chi connectivity index (χ1v) is 4.34. The van der Waals surface area contributed by atoms with Crippen molar-refractivity contribution in [3.05, 3.63) is 11.6 Å².